The summed E-state index contributed by atoms with van der Waals surface area (Å²) >= 11 is 0. The predicted molar refractivity (Wildman–Crippen MR) is 64.9 cm³/mol. The maximum Gasteiger partial charge on any atom is 0.224 e. The number of nitrogens with two attached hydrogens (primary N) is 1. The van der Waals surface area contributed by atoms with Gasteiger partial charge in [0.2, 0.25) is 5.91 Å². The van der Waals surface area contributed by atoms with Gasteiger partial charge in [-0.05, 0) is 37.5 Å². The third-order valence-electron chi connectivity index (χ3n) is 3.51. The lowest BCUT2D eigenvalue weighted by atomic mass is 10.1. The van der Waals surface area contributed by atoms with E-state index in [0.29, 0.717) is 24.3 Å². The van der Waals surface area contributed by atoms with Crippen LogP contribution in [0.2, 0.25) is 0 Å². The molecule has 3 heteroatoms. The molecule has 2 aliphatic carbocycles. The highest BCUT2D eigenvalue weighted by Crippen LogP contribution is 2.34. The molecule has 2 N–H and O–H groups in total. The second-order valence-corrected chi connectivity index (χ2v) is 5.88. The summed E-state index contributed by atoms with van der Waals surface area (Å²) in [5.41, 5.74) is 6.02. The minimum atomic E-state index is 0.112. The van der Waals surface area contributed by atoms with Crippen molar-refractivity contribution in [2.24, 2.45) is 17.6 Å². The van der Waals surface area contributed by atoms with Gasteiger partial charge in [-0.1, -0.05) is 13.8 Å². The molecule has 92 valence electrons. The van der Waals surface area contributed by atoms with E-state index in [1.54, 1.807) is 0 Å². The first-order chi connectivity index (χ1) is 7.58. The third kappa shape index (κ3) is 3.21. The number of amides is 1. The molecule has 0 aliphatic heterocycles. The summed E-state index contributed by atoms with van der Waals surface area (Å²) in [5, 5.41) is 0. The number of carbonyl (C=O) groups excluding carboxylic acids is 1. The van der Waals surface area contributed by atoms with Crippen LogP contribution < -0.4 is 5.73 Å². The van der Waals surface area contributed by atoms with Crippen LogP contribution in [0.3, 0.4) is 0 Å². The maximum absolute atomic E-state index is 12.1. The molecule has 1 atom stereocenters. The summed E-state index contributed by atoms with van der Waals surface area (Å²) in [6, 6.07) is 0.641. The van der Waals surface area contributed by atoms with Crippen molar-refractivity contribution in [3.63, 3.8) is 0 Å². The quantitative estimate of drug-likeness (QED) is 0.747. The van der Waals surface area contributed by atoms with E-state index in [1.807, 2.05) is 0 Å². The second-order valence-electron chi connectivity index (χ2n) is 5.88. The monoisotopic (exact) mass is 224 g/mol. The zero-order chi connectivity index (χ0) is 11.7. The number of hydrogen-bond donors (Lipinski definition) is 1. The molecule has 0 saturated heterocycles. The van der Waals surface area contributed by atoms with E-state index in [2.05, 4.69) is 18.7 Å². The minimum absolute atomic E-state index is 0.112. The Hall–Kier alpha value is -0.570. The maximum atomic E-state index is 12.1. The van der Waals surface area contributed by atoms with E-state index < -0.39 is 0 Å². The zero-order valence-corrected chi connectivity index (χ0v) is 10.5. The molecule has 0 aromatic rings. The van der Waals surface area contributed by atoms with Crippen LogP contribution in [0.15, 0.2) is 0 Å². The Bertz CT molecular complexity index is 257. The average Bonchev–Trinajstić information content (AvgIpc) is 3.01. The van der Waals surface area contributed by atoms with Crippen LogP contribution in [-0.4, -0.2) is 29.4 Å². The van der Waals surface area contributed by atoms with Crippen LogP contribution in [0, 0.1) is 11.8 Å². The van der Waals surface area contributed by atoms with Gasteiger partial charge < -0.3 is 10.6 Å². The zero-order valence-electron chi connectivity index (χ0n) is 10.5. The molecule has 1 amide bonds. The highest BCUT2D eigenvalue weighted by Gasteiger charge is 2.36. The summed E-state index contributed by atoms with van der Waals surface area (Å²) < 4.78 is 0. The summed E-state index contributed by atoms with van der Waals surface area (Å²) in [4.78, 5) is 14.2. The van der Waals surface area contributed by atoms with Gasteiger partial charge in [0.05, 0.1) is 0 Å². The molecule has 1 unspecified atom stereocenters. The van der Waals surface area contributed by atoms with Gasteiger partial charge in [0.15, 0.2) is 0 Å². The van der Waals surface area contributed by atoms with Crippen molar-refractivity contribution in [3.8, 4) is 0 Å². The Morgan fingerprint density at radius 1 is 1.31 bits per heavy atom. The Morgan fingerprint density at radius 3 is 2.38 bits per heavy atom. The van der Waals surface area contributed by atoms with Crippen LogP contribution in [0.5, 0.6) is 0 Å². The number of carbonyl (C=O) groups is 1. The fourth-order valence-electron chi connectivity index (χ4n) is 2.24. The first-order valence-electron chi connectivity index (χ1n) is 6.63. The molecule has 0 aromatic carbocycles. The molecule has 2 saturated carbocycles. The largest absolute Gasteiger partial charge is 0.339 e. The van der Waals surface area contributed by atoms with Gasteiger partial charge in [-0.2, -0.15) is 0 Å². The fourth-order valence-corrected chi connectivity index (χ4v) is 2.24. The van der Waals surface area contributed by atoms with Crippen molar-refractivity contribution in [2.45, 2.75) is 58.0 Å². The first-order valence-corrected chi connectivity index (χ1v) is 6.63. The molecule has 0 radical (unpaired) electrons. The lowest BCUT2D eigenvalue weighted by Gasteiger charge is -2.25. The molecule has 3 nitrogen and oxygen atoms in total. The van der Waals surface area contributed by atoms with E-state index in [-0.39, 0.29) is 11.9 Å². The van der Waals surface area contributed by atoms with Crippen molar-refractivity contribution in [1.29, 1.82) is 0 Å². The molecule has 16 heavy (non-hydrogen) atoms. The standard InChI is InChI=1S/C13H24N2O/c1-9(2)8-15(11-5-6-11)13(16)7-12(14)10-3-4-10/h9-12H,3-8,14H2,1-2H3. The average molecular weight is 224 g/mol. The number of hydrogen-bond acceptors (Lipinski definition) is 2. The summed E-state index contributed by atoms with van der Waals surface area (Å²) in [7, 11) is 0. The Labute approximate surface area is 98.4 Å². The number of nitrogens with zero attached hydrogens (tertiary/aromatic N) is 1. The lowest BCUT2D eigenvalue weighted by molar-refractivity contribution is -0.132. The summed E-state index contributed by atoms with van der Waals surface area (Å²) in [6.45, 7) is 5.24. The van der Waals surface area contributed by atoms with Gasteiger partial charge in [0, 0.05) is 25.0 Å². The Kier molecular flexibility index (Phi) is 3.53. The molecule has 0 aromatic heterocycles. The SMILES string of the molecule is CC(C)CN(C(=O)CC(N)C1CC1)C1CC1. The van der Waals surface area contributed by atoms with E-state index >= 15 is 0 Å². The highest BCUT2D eigenvalue weighted by atomic mass is 16.2. The minimum Gasteiger partial charge on any atom is -0.339 e. The fraction of sp³-hybridized carbons (Fsp3) is 0.923. The molecule has 2 aliphatic rings. The van der Waals surface area contributed by atoms with Crippen molar-refractivity contribution < 1.29 is 4.79 Å². The molecular formula is C13H24N2O. The summed E-state index contributed by atoms with van der Waals surface area (Å²) in [6.07, 6.45) is 5.40. The normalized spacial score (nSPS) is 22.2. The van der Waals surface area contributed by atoms with Gasteiger partial charge in [-0.25, -0.2) is 0 Å². The van der Waals surface area contributed by atoms with E-state index in [9.17, 15) is 4.79 Å². The van der Waals surface area contributed by atoms with Crippen LogP contribution in [0.4, 0.5) is 0 Å². The van der Waals surface area contributed by atoms with Crippen LogP contribution in [0.1, 0.15) is 46.0 Å². The van der Waals surface area contributed by atoms with Crippen molar-refractivity contribution in [1.82, 2.24) is 4.90 Å². The second kappa shape index (κ2) is 4.74. The van der Waals surface area contributed by atoms with Crippen LogP contribution in [0.25, 0.3) is 0 Å². The third-order valence-corrected chi connectivity index (χ3v) is 3.51. The van der Waals surface area contributed by atoms with Crippen LogP contribution in [-0.2, 0) is 4.79 Å². The Morgan fingerprint density at radius 2 is 1.94 bits per heavy atom. The van der Waals surface area contributed by atoms with E-state index in [1.165, 1.54) is 25.7 Å². The topological polar surface area (TPSA) is 46.3 Å². The smallest absolute Gasteiger partial charge is 0.224 e. The number of rotatable bonds is 6. The summed E-state index contributed by atoms with van der Waals surface area (Å²) in [5.74, 6) is 1.47. The van der Waals surface area contributed by atoms with Gasteiger partial charge in [0.1, 0.15) is 0 Å². The van der Waals surface area contributed by atoms with E-state index in [0.717, 1.165) is 6.54 Å². The van der Waals surface area contributed by atoms with Gasteiger partial charge in [-0.15, -0.1) is 0 Å². The highest BCUT2D eigenvalue weighted by molar-refractivity contribution is 5.77. The first kappa shape index (κ1) is 11.9. The molecular weight excluding hydrogens is 200 g/mol. The van der Waals surface area contributed by atoms with Crippen molar-refractivity contribution in [3.05, 3.63) is 0 Å². The van der Waals surface area contributed by atoms with Crippen LogP contribution >= 0.6 is 0 Å². The van der Waals surface area contributed by atoms with E-state index in [4.69, 9.17) is 5.73 Å². The molecule has 2 rings (SSSR count). The Balaban J connectivity index is 1.83. The predicted octanol–water partition coefficient (Wildman–Crippen LogP) is 1.76. The van der Waals surface area contributed by atoms with Gasteiger partial charge >= 0.3 is 0 Å². The molecule has 2 fully saturated rings. The van der Waals surface area contributed by atoms with Gasteiger partial charge in [0.25, 0.3) is 0 Å². The lowest BCUT2D eigenvalue weighted by Crippen LogP contribution is -2.40. The molecule has 0 bridgehead atoms. The van der Waals surface area contributed by atoms with Crippen molar-refractivity contribution in [2.75, 3.05) is 6.54 Å². The van der Waals surface area contributed by atoms with Gasteiger partial charge in [-0.3, -0.25) is 4.79 Å². The molecule has 0 spiro atoms. The molecule has 0 heterocycles. The van der Waals surface area contributed by atoms with Crippen molar-refractivity contribution >= 4 is 5.91 Å².